The summed E-state index contributed by atoms with van der Waals surface area (Å²) in [6, 6.07) is 0. The molecule has 1 aliphatic rings. The average Bonchev–Trinajstić information content (AvgIpc) is 2.74. The van der Waals surface area contributed by atoms with Crippen molar-refractivity contribution in [2.24, 2.45) is 17.3 Å². The summed E-state index contributed by atoms with van der Waals surface area (Å²) >= 11 is 0. The number of amides is 1. The second-order valence-electron chi connectivity index (χ2n) is 6.43. The molecule has 1 rings (SSSR count). The summed E-state index contributed by atoms with van der Waals surface area (Å²) < 4.78 is 38.2. The predicted molar refractivity (Wildman–Crippen MR) is 72.2 cm³/mol. The van der Waals surface area contributed by atoms with Gasteiger partial charge in [0.05, 0.1) is 5.41 Å². The van der Waals surface area contributed by atoms with E-state index in [1.54, 1.807) is 0 Å². The third-order valence-electron chi connectivity index (χ3n) is 3.96. The average molecular weight is 294 g/mol. The van der Waals surface area contributed by atoms with Gasteiger partial charge in [-0.2, -0.15) is 13.2 Å². The molecule has 20 heavy (non-hydrogen) atoms. The van der Waals surface area contributed by atoms with E-state index in [1.807, 2.05) is 27.7 Å². The maximum atomic E-state index is 12.7. The Balaban J connectivity index is 2.96. The van der Waals surface area contributed by atoms with Crippen molar-refractivity contribution < 1.29 is 18.0 Å². The van der Waals surface area contributed by atoms with Gasteiger partial charge >= 0.3 is 6.18 Å². The van der Waals surface area contributed by atoms with E-state index < -0.39 is 18.1 Å². The van der Waals surface area contributed by atoms with Crippen LogP contribution in [0.2, 0.25) is 0 Å². The fourth-order valence-electron chi connectivity index (χ4n) is 2.82. The Kier molecular flexibility index (Phi) is 5.46. The lowest BCUT2D eigenvalue weighted by molar-refractivity contribution is -0.169. The second-order valence-corrected chi connectivity index (χ2v) is 6.43. The maximum Gasteiger partial charge on any atom is 0.406 e. The van der Waals surface area contributed by atoms with Crippen LogP contribution in [0.25, 0.3) is 0 Å². The van der Waals surface area contributed by atoms with Crippen molar-refractivity contribution in [2.45, 2.75) is 40.3 Å². The van der Waals surface area contributed by atoms with Crippen molar-refractivity contribution in [3.63, 3.8) is 0 Å². The van der Waals surface area contributed by atoms with E-state index in [2.05, 4.69) is 5.32 Å². The Hall–Kier alpha value is -0.780. The number of hydrogen-bond donors (Lipinski definition) is 1. The summed E-state index contributed by atoms with van der Waals surface area (Å²) in [5.74, 6) is -0.323. The molecule has 0 saturated carbocycles. The Morgan fingerprint density at radius 2 is 1.90 bits per heavy atom. The first-order valence-electron chi connectivity index (χ1n) is 7.15. The van der Waals surface area contributed by atoms with E-state index in [-0.39, 0.29) is 24.3 Å². The molecular weight excluding hydrogens is 269 g/mol. The van der Waals surface area contributed by atoms with Crippen molar-refractivity contribution in [3.05, 3.63) is 0 Å². The smallest absolute Gasteiger partial charge is 0.333 e. The zero-order chi connectivity index (χ0) is 15.6. The zero-order valence-electron chi connectivity index (χ0n) is 12.7. The van der Waals surface area contributed by atoms with Crippen LogP contribution in [0, 0.1) is 17.3 Å². The molecule has 1 amide bonds. The first kappa shape index (κ1) is 17.3. The molecule has 0 spiro atoms. The minimum atomic E-state index is -4.35. The third-order valence-corrected chi connectivity index (χ3v) is 3.96. The van der Waals surface area contributed by atoms with E-state index >= 15 is 0 Å². The Bertz CT molecular complexity index is 334. The van der Waals surface area contributed by atoms with Gasteiger partial charge in [-0.1, -0.05) is 27.7 Å². The number of halogens is 3. The van der Waals surface area contributed by atoms with Crippen molar-refractivity contribution >= 4 is 5.91 Å². The number of rotatable bonds is 5. The molecule has 118 valence electrons. The number of nitrogens with zero attached hydrogens (tertiary/aromatic N) is 1. The van der Waals surface area contributed by atoms with Crippen LogP contribution in [0.15, 0.2) is 0 Å². The van der Waals surface area contributed by atoms with Gasteiger partial charge in [-0.25, -0.2) is 0 Å². The van der Waals surface area contributed by atoms with Crippen molar-refractivity contribution in [1.82, 2.24) is 10.2 Å². The third kappa shape index (κ3) is 4.11. The molecule has 1 heterocycles. The van der Waals surface area contributed by atoms with Gasteiger partial charge in [0.25, 0.3) is 0 Å². The first-order chi connectivity index (χ1) is 9.08. The lowest BCUT2D eigenvalue weighted by Crippen LogP contribution is -2.51. The summed E-state index contributed by atoms with van der Waals surface area (Å²) in [5.41, 5.74) is -0.694. The van der Waals surface area contributed by atoms with Crippen LogP contribution >= 0.6 is 0 Å². The topological polar surface area (TPSA) is 32.3 Å². The second kappa shape index (κ2) is 6.33. The van der Waals surface area contributed by atoms with Gasteiger partial charge in [0.1, 0.15) is 6.54 Å². The fourth-order valence-corrected chi connectivity index (χ4v) is 2.82. The highest BCUT2D eigenvalue weighted by Gasteiger charge is 2.47. The van der Waals surface area contributed by atoms with E-state index in [0.29, 0.717) is 19.5 Å². The number of nitrogens with one attached hydrogen (secondary N) is 1. The van der Waals surface area contributed by atoms with E-state index in [9.17, 15) is 18.0 Å². The van der Waals surface area contributed by atoms with Crippen LogP contribution in [0.1, 0.15) is 34.1 Å². The predicted octanol–water partition coefficient (Wildman–Crippen LogP) is 2.67. The van der Waals surface area contributed by atoms with Crippen LogP contribution < -0.4 is 5.32 Å². The number of hydrogen-bond acceptors (Lipinski definition) is 2. The molecule has 0 radical (unpaired) electrons. The summed E-state index contributed by atoms with van der Waals surface area (Å²) in [7, 11) is 0. The minimum absolute atomic E-state index is 0.0138. The largest absolute Gasteiger partial charge is 0.406 e. The molecule has 1 atom stereocenters. The van der Waals surface area contributed by atoms with Gasteiger partial charge in [-0.15, -0.1) is 0 Å². The molecule has 1 fully saturated rings. The first-order valence-corrected chi connectivity index (χ1v) is 7.15. The highest BCUT2D eigenvalue weighted by molar-refractivity contribution is 5.83. The van der Waals surface area contributed by atoms with Gasteiger partial charge in [0.2, 0.25) is 5.91 Å². The van der Waals surface area contributed by atoms with E-state index in [1.165, 1.54) is 0 Å². The fraction of sp³-hybridized carbons (Fsp3) is 0.929. The van der Waals surface area contributed by atoms with Gasteiger partial charge in [0, 0.05) is 13.1 Å². The summed E-state index contributed by atoms with van der Waals surface area (Å²) in [6.45, 7) is 7.61. The van der Waals surface area contributed by atoms with Gasteiger partial charge < -0.3 is 10.2 Å². The molecule has 0 aliphatic carbocycles. The molecule has 1 aliphatic heterocycles. The monoisotopic (exact) mass is 294 g/mol. The molecule has 1 N–H and O–H groups in total. The van der Waals surface area contributed by atoms with Crippen LogP contribution in [0.4, 0.5) is 13.2 Å². The Morgan fingerprint density at radius 3 is 2.25 bits per heavy atom. The van der Waals surface area contributed by atoms with Crippen LogP contribution in [0.5, 0.6) is 0 Å². The number of carbonyl (C=O) groups is 1. The molecule has 0 bridgehead atoms. The molecule has 1 unspecified atom stereocenters. The Morgan fingerprint density at radius 1 is 1.30 bits per heavy atom. The molecular formula is C14H25F3N2O. The summed E-state index contributed by atoms with van der Waals surface area (Å²) in [6.07, 6.45) is -3.75. The van der Waals surface area contributed by atoms with Gasteiger partial charge in [0.15, 0.2) is 0 Å². The van der Waals surface area contributed by atoms with E-state index in [0.717, 1.165) is 4.90 Å². The molecule has 3 nitrogen and oxygen atoms in total. The summed E-state index contributed by atoms with van der Waals surface area (Å²) in [5, 5.41) is 3.12. The van der Waals surface area contributed by atoms with Gasteiger partial charge in [-0.05, 0) is 24.8 Å². The molecule has 0 aromatic heterocycles. The zero-order valence-corrected chi connectivity index (χ0v) is 12.7. The number of carbonyl (C=O) groups excluding carboxylic acids is 1. The SMILES string of the molecule is CC(C)CN(CC(F)(F)F)C(=O)C1(C(C)C)CCNC1. The van der Waals surface area contributed by atoms with Crippen molar-refractivity contribution in [2.75, 3.05) is 26.2 Å². The van der Waals surface area contributed by atoms with Crippen molar-refractivity contribution in [3.8, 4) is 0 Å². The minimum Gasteiger partial charge on any atom is -0.333 e. The molecule has 1 saturated heterocycles. The maximum absolute atomic E-state index is 12.7. The van der Waals surface area contributed by atoms with E-state index in [4.69, 9.17) is 0 Å². The quantitative estimate of drug-likeness (QED) is 0.845. The highest BCUT2D eigenvalue weighted by atomic mass is 19.4. The Labute approximate surface area is 118 Å². The molecule has 0 aromatic rings. The van der Waals surface area contributed by atoms with Crippen LogP contribution in [-0.4, -0.2) is 43.2 Å². The van der Waals surface area contributed by atoms with Crippen molar-refractivity contribution in [1.29, 1.82) is 0 Å². The number of alkyl halides is 3. The van der Waals surface area contributed by atoms with Crippen LogP contribution in [-0.2, 0) is 4.79 Å². The lowest BCUT2D eigenvalue weighted by atomic mass is 9.75. The standard InChI is InChI=1S/C14H25F3N2O/c1-10(2)7-19(9-14(15,16)17)12(20)13(11(3)4)5-6-18-8-13/h10-11,18H,5-9H2,1-4H3. The summed E-state index contributed by atoms with van der Waals surface area (Å²) in [4.78, 5) is 13.7. The molecule has 0 aromatic carbocycles. The van der Waals surface area contributed by atoms with Crippen LogP contribution in [0.3, 0.4) is 0 Å². The van der Waals surface area contributed by atoms with Gasteiger partial charge in [-0.3, -0.25) is 4.79 Å². The molecule has 6 heteroatoms. The highest BCUT2D eigenvalue weighted by Crippen LogP contribution is 2.37. The lowest BCUT2D eigenvalue weighted by Gasteiger charge is -2.37. The normalized spacial score (nSPS) is 23.6.